The van der Waals surface area contributed by atoms with Gasteiger partial charge in [-0.25, -0.2) is 9.99 Å². The second kappa shape index (κ2) is 8.71. The number of para-hydroxylation sites is 1. The van der Waals surface area contributed by atoms with Crippen LogP contribution in [0.25, 0.3) is 10.9 Å². The Morgan fingerprint density at radius 1 is 1.17 bits per heavy atom. The third-order valence-electron chi connectivity index (χ3n) is 7.28. The number of piperidine rings is 1. The van der Waals surface area contributed by atoms with Crippen LogP contribution >= 0.6 is 0 Å². The standard InChI is InChI=1S/C25H30N8O3/c1-16-22(35)30-25(23(36)27-16)8-10-31(11-9-25)20(34)13-32-14-24(2,3)15-33(32)21-17-6-4-5-7-18(17)28-19(12-26)29-21/h4-7,16H,8-11,13-15H2,1-3H3,(H,27,36)(H,30,35). The number of anilines is 1. The fraction of sp³-hybridized carbons (Fsp3) is 0.520. The normalized spacial score (nSPS) is 23.4. The number of hydrogen-bond acceptors (Lipinski definition) is 8. The number of rotatable bonds is 3. The summed E-state index contributed by atoms with van der Waals surface area (Å²) in [5.74, 6) is 0.269. The maximum absolute atomic E-state index is 13.4. The number of amides is 3. The first kappa shape index (κ1) is 23.9. The van der Waals surface area contributed by atoms with E-state index in [9.17, 15) is 19.6 Å². The number of nitrogens with zero attached hydrogens (tertiary/aromatic N) is 6. The van der Waals surface area contributed by atoms with E-state index in [0.29, 0.717) is 50.4 Å². The molecule has 1 unspecified atom stereocenters. The van der Waals surface area contributed by atoms with Gasteiger partial charge in [0.2, 0.25) is 23.5 Å². The molecule has 2 aromatic rings. The minimum atomic E-state index is -0.949. The molecule has 11 nitrogen and oxygen atoms in total. The number of nitriles is 1. The Morgan fingerprint density at radius 2 is 1.89 bits per heavy atom. The molecule has 1 aromatic carbocycles. The number of aromatic nitrogens is 2. The number of hydrogen-bond donors (Lipinski definition) is 2. The van der Waals surface area contributed by atoms with E-state index in [-0.39, 0.29) is 35.5 Å². The Morgan fingerprint density at radius 3 is 2.61 bits per heavy atom. The maximum Gasteiger partial charge on any atom is 0.246 e. The number of nitrogens with one attached hydrogen (secondary N) is 2. The van der Waals surface area contributed by atoms with Crippen LogP contribution in [0.3, 0.4) is 0 Å². The SMILES string of the molecule is CC1NC(=O)C2(CCN(C(=O)CN3CC(C)(C)CN3c3nc(C#N)nc4ccccc34)CC2)NC1=O. The monoisotopic (exact) mass is 490 g/mol. The average Bonchev–Trinajstić information content (AvgIpc) is 3.16. The van der Waals surface area contributed by atoms with Gasteiger partial charge in [-0.15, -0.1) is 0 Å². The molecule has 11 heteroatoms. The molecular formula is C25H30N8O3. The number of carbonyl (C=O) groups is 3. The summed E-state index contributed by atoms with van der Waals surface area (Å²) in [4.78, 5) is 48.8. The Balaban J connectivity index is 1.34. The Kier molecular flexibility index (Phi) is 5.79. The lowest BCUT2D eigenvalue weighted by Gasteiger charge is -2.44. The molecular weight excluding hydrogens is 460 g/mol. The number of fused-ring (bicyclic) bond motifs is 1. The van der Waals surface area contributed by atoms with Crippen molar-refractivity contribution in [3.63, 3.8) is 0 Å². The minimum absolute atomic E-state index is 0.0534. The van der Waals surface area contributed by atoms with E-state index in [0.717, 1.165) is 5.39 Å². The largest absolute Gasteiger partial charge is 0.343 e. The van der Waals surface area contributed by atoms with Crippen LogP contribution in [-0.2, 0) is 14.4 Å². The highest BCUT2D eigenvalue weighted by Gasteiger charge is 2.48. The first-order valence-corrected chi connectivity index (χ1v) is 12.2. The van der Waals surface area contributed by atoms with Crippen molar-refractivity contribution < 1.29 is 14.4 Å². The first-order chi connectivity index (χ1) is 17.1. The van der Waals surface area contributed by atoms with Crippen LogP contribution in [0.2, 0.25) is 0 Å². The molecule has 0 radical (unpaired) electrons. The number of hydrazine groups is 1. The van der Waals surface area contributed by atoms with Crippen LogP contribution in [-0.4, -0.2) is 81.9 Å². The van der Waals surface area contributed by atoms with Crippen LogP contribution in [0.4, 0.5) is 5.82 Å². The summed E-state index contributed by atoms with van der Waals surface area (Å²) in [7, 11) is 0. The lowest BCUT2D eigenvalue weighted by Crippen LogP contribution is -2.71. The van der Waals surface area contributed by atoms with Crippen molar-refractivity contribution >= 4 is 34.4 Å². The first-order valence-electron chi connectivity index (χ1n) is 12.2. The summed E-state index contributed by atoms with van der Waals surface area (Å²) in [5, 5.41) is 19.9. The maximum atomic E-state index is 13.4. The second-order valence-electron chi connectivity index (χ2n) is 10.7. The van der Waals surface area contributed by atoms with Crippen LogP contribution in [0.15, 0.2) is 24.3 Å². The van der Waals surface area contributed by atoms with Gasteiger partial charge in [0.1, 0.15) is 17.6 Å². The van der Waals surface area contributed by atoms with Crippen LogP contribution < -0.4 is 15.6 Å². The highest BCUT2D eigenvalue weighted by molar-refractivity contribution is 5.99. The number of carbonyl (C=O) groups excluding carboxylic acids is 3. The van der Waals surface area contributed by atoms with Gasteiger partial charge in [0.25, 0.3) is 0 Å². The molecule has 4 heterocycles. The van der Waals surface area contributed by atoms with Gasteiger partial charge in [0, 0.05) is 31.6 Å². The van der Waals surface area contributed by atoms with Gasteiger partial charge in [-0.2, -0.15) is 10.2 Å². The van der Waals surface area contributed by atoms with Gasteiger partial charge in [0.05, 0.1) is 12.1 Å². The van der Waals surface area contributed by atoms with Gasteiger partial charge >= 0.3 is 0 Å². The molecule has 3 aliphatic rings. The minimum Gasteiger partial charge on any atom is -0.343 e. The zero-order chi connectivity index (χ0) is 25.7. The van der Waals surface area contributed by atoms with Crippen molar-refractivity contribution in [3.8, 4) is 6.07 Å². The van der Waals surface area contributed by atoms with Crippen molar-refractivity contribution in [2.45, 2.75) is 45.2 Å². The van der Waals surface area contributed by atoms with Crippen molar-refractivity contribution in [3.05, 3.63) is 30.1 Å². The van der Waals surface area contributed by atoms with E-state index >= 15 is 0 Å². The third kappa shape index (κ3) is 4.22. The van der Waals surface area contributed by atoms with E-state index in [4.69, 9.17) is 0 Å². The topological polar surface area (TPSA) is 135 Å². The zero-order valence-corrected chi connectivity index (χ0v) is 20.7. The van der Waals surface area contributed by atoms with E-state index in [2.05, 4.69) is 34.4 Å². The highest BCUT2D eigenvalue weighted by Crippen LogP contribution is 2.35. The van der Waals surface area contributed by atoms with Crippen molar-refractivity contribution in [2.24, 2.45) is 5.41 Å². The summed E-state index contributed by atoms with van der Waals surface area (Å²) in [5.41, 5.74) is -0.375. The molecule has 188 valence electrons. The highest BCUT2D eigenvalue weighted by atomic mass is 16.2. The summed E-state index contributed by atoms with van der Waals surface area (Å²) < 4.78 is 0. The number of likely N-dealkylation sites (tertiary alicyclic amines) is 1. The molecule has 3 saturated heterocycles. The summed E-state index contributed by atoms with van der Waals surface area (Å²) in [6, 6.07) is 9.04. The van der Waals surface area contributed by atoms with Crippen LogP contribution in [0.5, 0.6) is 0 Å². The van der Waals surface area contributed by atoms with Gasteiger partial charge in [0.15, 0.2) is 5.82 Å². The fourth-order valence-corrected chi connectivity index (χ4v) is 5.34. The Labute approximate surface area is 209 Å². The van der Waals surface area contributed by atoms with Gasteiger partial charge < -0.3 is 15.5 Å². The van der Waals surface area contributed by atoms with Crippen molar-refractivity contribution in [2.75, 3.05) is 37.7 Å². The summed E-state index contributed by atoms with van der Waals surface area (Å²) >= 11 is 0. The lowest BCUT2D eigenvalue weighted by molar-refractivity contribution is -0.145. The van der Waals surface area contributed by atoms with E-state index in [1.165, 1.54) is 0 Å². The third-order valence-corrected chi connectivity index (χ3v) is 7.28. The molecule has 0 aliphatic carbocycles. The molecule has 1 atom stereocenters. The van der Waals surface area contributed by atoms with Gasteiger partial charge in [-0.1, -0.05) is 26.0 Å². The fourth-order valence-electron chi connectivity index (χ4n) is 5.34. The zero-order valence-electron chi connectivity index (χ0n) is 20.7. The molecule has 3 amide bonds. The van der Waals surface area contributed by atoms with Crippen molar-refractivity contribution in [1.82, 2.24) is 30.5 Å². The molecule has 1 spiro atoms. The predicted molar refractivity (Wildman–Crippen MR) is 131 cm³/mol. The van der Waals surface area contributed by atoms with E-state index in [1.54, 1.807) is 11.8 Å². The lowest BCUT2D eigenvalue weighted by atomic mass is 9.84. The van der Waals surface area contributed by atoms with Crippen molar-refractivity contribution in [1.29, 1.82) is 5.26 Å². The number of benzene rings is 1. The van der Waals surface area contributed by atoms with E-state index < -0.39 is 11.6 Å². The molecule has 36 heavy (non-hydrogen) atoms. The molecule has 5 rings (SSSR count). The van der Waals surface area contributed by atoms with Crippen LogP contribution in [0, 0.1) is 16.7 Å². The Bertz CT molecular complexity index is 1280. The summed E-state index contributed by atoms with van der Waals surface area (Å²) in [6.07, 6.45) is 0.751. The Hall–Kier alpha value is -3.78. The van der Waals surface area contributed by atoms with Crippen LogP contribution in [0.1, 0.15) is 39.4 Å². The summed E-state index contributed by atoms with van der Waals surface area (Å²) in [6.45, 7) is 8.12. The predicted octanol–water partition coefficient (Wildman–Crippen LogP) is 0.560. The molecule has 0 bridgehead atoms. The molecule has 0 saturated carbocycles. The molecule has 3 aliphatic heterocycles. The average molecular weight is 491 g/mol. The molecule has 3 fully saturated rings. The van der Waals surface area contributed by atoms with E-state index in [1.807, 2.05) is 40.4 Å². The van der Waals surface area contributed by atoms with Gasteiger partial charge in [-0.05, 0) is 37.3 Å². The smallest absolute Gasteiger partial charge is 0.246 e. The number of piperazine rings is 1. The second-order valence-corrected chi connectivity index (χ2v) is 10.7. The molecule has 1 aromatic heterocycles. The van der Waals surface area contributed by atoms with Gasteiger partial charge in [-0.3, -0.25) is 19.4 Å². The molecule has 2 N–H and O–H groups in total. The quantitative estimate of drug-likeness (QED) is 0.637.